The number of rotatable bonds is 4. The summed E-state index contributed by atoms with van der Waals surface area (Å²) >= 11 is 0. The first-order valence-electron chi connectivity index (χ1n) is 5.43. The summed E-state index contributed by atoms with van der Waals surface area (Å²) in [7, 11) is 0. The lowest BCUT2D eigenvalue weighted by Crippen LogP contribution is -2.28. The van der Waals surface area contributed by atoms with E-state index in [4.69, 9.17) is 4.74 Å². The number of aliphatic hydroxyl groups is 1. The van der Waals surface area contributed by atoms with Crippen LogP contribution in [0.25, 0.3) is 0 Å². The molecule has 0 spiro atoms. The van der Waals surface area contributed by atoms with Crippen LogP contribution in [0.3, 0.4) is 0 Å². The van der Waals surface area contributed by atoms with Gasteiger partial charge in [-0.15, -0.1) is 0 Å². The fourth-order valence-corrected chi connectivity index (χ4v) is 1.96. The van der Waals surface area contributed by atoms with E-state index in [0.717, 1.165) is 18.4 Å². The van der Waals surface area contributed by atoms with E-state index in [2.05, 4.69) is 20.4 Å². The van der Waals surface area contributed by atoms with Crippen LogP contribution in [0.1, 0.15) is 40.0 Å². The van der Waals surface area contributed by atoms with Crippen LogP contribution in [0.4, 0.5) is 0 Å². The normalized spacial score (nSPS) is 30.7. The Balaban J connectivity index is 2.80. The van der Waals surface area contributed by atoms with Gasteiger partial charge in [0.2, 0.25) is 6.29 Å². The summed E-state index contributed by atoms with van der Waals surface area (Å²) in [6.45, 7) is 9.92. The number of carbonyl (C=O) groups excluding carboxylic acids is 1. The standard InChI is InChI=1S/C12H20O3/c1-8(2)5-6-12(9(3)4)7-10(13)15-11(12)14/h8,10,13H,3,5-7H2,1-2,4H3/t10-,12-/m1/s1. The first kappa shape index (κ1) is 12.2. The first-order chi connectivity index (χ1) is 6.88. The van der Waals surface area contributed by atoms with Crippen molar-refractivity contribution in [3.63, 3.8) is 0 Å². The zero-order valence-corrected chi connectivity index (χ0v) is 9.75. The van der Waals surface area contributed by atoms with Crippen molar-refractivity contribution in [2.45, 2.75) is 46.3 Å². The lowest BCUT2D eigenvalue weighted by atomic mass is 9.75. The van der Waals surface area contributed by atoms with Crippen molar-refractivity contribution in [2.75, 3.05) is 0 Å². The van der Waals surface area contributed by atoms with Crippen LogP contribution in [-0.4, -0.2) is 17.4 Å². The van der Waals surface area contributed by atoms with Gasteiger partial charge in [0, 0.05) is 6.42 Å². The molecular formula is C12H20O3. The Morgan fingerprint density at radius 3 is 2.67 bits per heavy atom. The number of esters is 1. The van der Waals surface area contributed by atoms with Crippen LogP contribution in [0.2, 0.25) is 0 Å². The van der Waals surface area contributed by atoms with E-state index in [1.54, 1.807) is 0 Å². The minimum atomic E-state index is -0.957. The highest BCUT2D eigenvalue weighted by Crippen LogP contribution is 2.43. The minimum absolute atomic E-state index is 0.317. The second kappa shape index (κ2) is 4.35. The highest BCUT2D eigenvalue weighted by atomic mass is 16.6. The topological polar surface area (TPSA) is 46.5 Å². The molecule has 15 heavy (non-hydrogen) atoms. The molecule has 0 saturated carbocycles. The Morgan fingerprint density at radius 2 is 2.33 bits per heavy atom. The van der Waals surface area contributed by atoms with Gasteiger partial charge in [0.15, 0.2) is 0 Å². The predicted molar refractivity (Wildman–Crippen MR) is 58.0 cm³/mol. The Morgan fingerprint density at radius 1 is 1.73 bits per heavy atom. The first-order valence-corrected chi connectivity index (χ1v) is 5.43. The van der Waals surface area contributed by atoms with Crippen molar-refractivity contribution in [3.05, 3.63) is 12.2 Å². The molecule has 0 unspecified atom stereocenters. The molecule has 86 valence electrons. The molecule has 1 fully saturated rings. The molecule has 3 heteroatoms. The lowest BCUT2D eigenvalue weighted by Gasteiger charge is -2.25. The van der Waals surface area contributed by atoms with Gasteiger partial charge < -0.3 is 9.84 Å². The summed E-state index contributed by atoms with van der Waals surface area (Å²) in [4.78, 5) is 11.7. The maximum absolute atomic E-state index is 11.7. The second-order valence-electron chi connectivity index (χ2n) is 4.86. The van der Waals surface area contributed by atoms with Gasteiger partial charge in [0.1, 0.15) is 0 Å². The van der Waals surface area contributed by atoms with Crippen molar-refractivity contribution < 1.29 is 14.6 Å². The molecule has 0 radical (unpaired) electrons. The summed E-state index contributed by atoms with van der Waals surface area (Å²) in [5, 5.41) is 9.37. The van der Waals surface area contributed by atoms with Crippen LogP contribution in [0, 0.1) is 11.3 Å². The number of carbonyl (C=O) groups is 1. The summed E-state index contributed by atoms with van der Waals surface area (Å²) in [6, 6.07) is 0. The van der Waals surface area contributed by atoms with Gasteiger partial charge >= 0.3 is 5.97 Å². The zero-order valence-electron chi connectivity index (χ0n) is 9.75. The molecule has 1 saturated heterocycles. The zero-order chi connectivity index (χ0) is 11.6. The fourth-order valence-electron chi connectivity index (χ4n) is 1.96. The van der Waals surface area contributed by atoms with Crippen molar-refractivity contribution >= 4 is 5.97 Å². The summed E-state index contributed by atoms with van der Waals surface area (Å²) in [5.74, 6) is 0.218. The molecule has 1 N–H and O–H groups in total. The molecule has 0 aromatic rings. The highest BCUT2D eigenvalue weighted by molar-refractivity contribution is 5.82. The van der Waals surface area contributed by atoms with Gasteiger partial charge in [-0.2, -0.15) is 0 Å². The molecule has 1 rings (SSSR count). The lowest BCUT2D eigenvalue weighted by molar-refractivity contribution is -0.157. The molecule has 1 aliphatic heterocycles. The van der Waals surface area contributed by atoms with Crippen molar-refractivity contribution in [3.8, 4) is 0 Å². The number of hydrogen-bond donors (Lipinski definition) is 1. The van der Waals surface area contributed by atoms with Gasteiger partial charge in [0.25, 0.3) is 0 Å². The van der Waals surface area contributed by atoms with Gasteiger partial charge in [0.05, 0.1) is 5.41 Å². The average molecular weight is 212 g/mol. The van der Waals surface area contributed by atoms with E-state index in [-0.39, 0.29) is 5.97 Å². The predicted octanol–water partition coefficient (Wildman–Crippen LogP) is 2.25. The van der Waals surface area contributed by atoms with Gasteiger partial charge in [-0.1, -0.05) is 26.0 Å². The van der Waals surface area contributed by atoms with Crippen LogP contribution < -0.4 is 0 Å². The monoisotopic (exact) mass is 212 g/mol. The van der Waals surface area contributed by atoms with Gasteiger partial charge in [-0.25, -0.2) is 0 Å². The van der Waals surface area contributed by atoms with E-state index in [9.17, 15) is 9.90 Å². The molecule has 0 amide bonds. The van der Waals surface area contributed by atoms with Crippen LogP contribution in [0.5, 0.6) is 0 Å². The Kier molecular flexibility index (Phi) is 3.55. The number of ether oxygens (including phenoxy) is 1. The molecule has 1 aliphatic rings. The van der Waals surface area contributed by atoms with Crippen LogP contribution >= 0.6 is 0 Å². The maximum atomic E-state index is 11.7. The number of hydrogen-bond acceptors (Lipinski definition) is 3. The van der Waals surface area contributed by atoms with Crippen molar-refractivity contribution in [2.24, 2.45) is 11.3 Å². The fraction of sp³-hybridized carbons (Fsp3) is 0.750. The molecule has 3 nitrogen and oxygen atoms in total. The van der Waals surface area contributed by atoms with Crippen LogP contribution in [-0.2, 0) is 9.53 Å². The van der Waals surface area contributed by atoms with Crippen LogP contribution in [0.15, 0.2) is 12.2 Å². The Labute approximate surface area is 91.1 Å². The quantitative estimate of drug-likeness (QED) is 0.574. The minimum Gasteiger partial charge on any atom is -0.435 e. The third kappa shape index (κ3) is 2.40. The summed E-state index contributed by atoms with van der Waals surface area (Å²) in [6.07, 6.45) is 1.06. The molecule has 2 atom stereocenters. The smallest absolute Gasteiger partial charge is 0.318 e. The molecule has 0 aromatic carbocycles. The van der Waals surface area contributed by atoms with Gasteiger partial charge in [-0.05, 0) is 25.7 Å². The number of aliphatic hydroxyl groups excluding tert-OH is 1. The SMILES string of the molecule is C=C(C)[C@@]1(CCC(C)C)C[C@H](O)OC1=O. The largest absolute Gasteiger partial charge is 0.435 e. The average Bonchev–Trinajstić information content (AvgIpc) is 2.38. The molecule has 0 bridgehead atoms. The molecule has 0 aliphatic carbocycles. The third-order valence-electron chi connectivity index (χ3n) is 3.12. The second-order valence-corrected chi connectivity index (χ2v) is 4.86. The van der Waals surface area contributed by atoms with E-state index in [1.165, 1.54) is 0 Å². The van der Waals surface area contributed by atoms with E-state index >= 15 is 0 Å². The third-order valence-corrected chi connectivity index (χ3v) is 3.12. The molecule has 0 aromatic heterocycles. The molecule has 1 heterocycles. The van der Waals surface area contributed by atoms with E-state index in [0.29, 0.717) is 12.3 Å². The van der Waals surface area contributed by atoms with Gasteiger partial charge in [-0.3, -0.25) is 4.79 Å². The van der Waals surface area contributed by atoms with Crippen molar-refractivity contribution in [1.29, 1.82) is 0 Å². The summed E-state index contributed by atoms with van der Waals surface area (Å²) in [5.41, 5.74) is 0.147. The van der Waals surface area contributed by atoms with E-state index in [1.807, 2.05) is 6.92 Å². The van der Waals surface area contributed by atoms with Crippen molar-refractivity contribution in [1.82, 2.24) is 0 Å². The summed E-state index contributed by atoms with van der Waals surface area (Å²) < 4.78 is 4.83. The van der Waals surface area contributed by atoms with E-state index < -0.39 is 11.7 Å². The number of cyclic esters (lactones) is 1. The molecular weight excluding hydrogens is 192 g/mol. The highest BCUT2D eigenvalue weighted by Gasteiger charge is 2.48. The maximum Gasteiger partial charge on any atom is 0.318 e. The Bertz CT molecular complexity index is 270. The Hall–Kier alpha value is -0.830.